The van der Waals surface area contributed by atoms with E-state index in [0.717, 1.165) is 24.3 Å². The Bertz CT molecular complexity index is 1460. The third-order valence-electron chi connectivity index (χ3n) is 8.67. The van der Waals surface area contributed by atoms with Gasteiger partial charge in [0.15, 0.2) is 0 Å². The van der Waals surface area contributed by atoms with Crippen LogP contribution in [0.3, 0.4) is 0 Å². The lowest BCUT2D eigenvalue weighted by atomic mass is 9.75. The molecule has 1 aliphatic carbocycles. The van der Waals surface area contributed by atoms with E-state index in [2.05, 4.69) is 68.4 Å². The van der Waals surface area contributed by atoms with Crippen molar-refractivity contribution in [1.82, 2.24) is 0 Å². The van der Waals surface area contributed by atoms with Crippen molar-refractivity contribution in [2.75, 3.05) is 0 Å². The molecule has 0 unspecified atom stereocenters. The Morgan fingerprint density at radius 3 is 2.26 bits per heavy atom. The number of carbonyl (C=O) groups excluding carboxylic acids is 1. The van der Waals surface area contributed by atoms with Gasteiger partial charge in [-0.15, -0.1) is 0 Å². The Morgan fingerprint density at radius 1 is 0.881 bits per heavy atom. The van der Waals surface area contributed by atoms with Gasteiger partial charge < -0.3 is 4.74 Å². The molecular weight excluding hydrogens is 519 g/mol. The fraction of sp³-hybridized carbons (Fsp3) is 0.308. The van der Waals surface area contributed by atoms with E-state index < -0.39 is 11.8 Å². The average molecular weight is 561 g/mol. The van der Waals surface area contributed by atoms with Crippen LogP contribution in [-0.2, 0) is 6.42 Å². The second-order valence-corrected chi connectivity index (χ2v) is 11.8. The molecule has 0 amide bonds. The molecule has 0 bridgehead atoms. The highest BCUT2D eigenvalue weighted by atomic mass is 19.1. The minimum absolute atomic E-state index is 0.191. The van der Waals surface area contributed by atoms with E-state index >= 15 is 0 Å². The van der Waals surface area contributed by atoms with E-state index in [4.69, 9.17) is 4.74 Å². The number of halogens is 1. The largest absolute Gasteiger partial charge is 0.423 e. The molecule has 0 aliphatic heterocycles. The summed E-state index contributed by atoms with van der Waals surface area (Å²) in [6.07, 6.45) is 12.0. The Balaban J connectivity index is 1.12. The van der Waals surface area contributed by atoms with Crippen LogP contribution in [0.15, 0.2) is 97.1 Å². The van der Waals surface area contributed by atoms with Gasteiger partial charge in [0.2, 0.25) is 0 Å². The number of rotatable bonds is 10. The Hall–Kier alpha value is -3.98. The normalized spacial score (nSPS) is 17.7. The van der Waals surface area contributed by atoms with Gasteiger partial charge in [-0.2, -0.15) is 0 Å². The molecule has 1 aliphatic rings. The molecule has 4 aromatic rings. The summed E-state index contributed by atoms with van der Waals surface area (Å²) in [6, 6.07) is 31.5. The quantitative estimate of drug-likeness (QED) is 0.110. The molecule has 5 rings (SSSR count). The van der Waals surface area contributed by atoms with E-state index in [9.17, 15) is 9.18 Å². The van der Waals surface area contributed by atoms with Crippen LogP contribution < -0.4 is 4.74 Å². The molecule has 0 aromatic heterocycles. The van der Waals surface area contributed by atoms with Crippen LogP contribution in [-0.4, -0.2) is 5.97 Å². The third kappa shape index (κ3) is 7.85. The molecule has 0 heterocycles. The van der Waals surface area contributed by atoms with Crippen LogP contribution in [0.25, 0.3) is 12.2 Å². The number of esters is 1. The van der Waals surface area contributed by atoms with E-state index in [0.29, 0.717) is 23.1 Å². The van der Waals surface area contributed by atoms with Crippen molar-refractivity contribution in [3.05, 3.63) is 136 Å². The first-order valence-corrected chi connectivity index (χ1v) is 15.4. The number of aryl methyl sites for hydroxylation is 1. The van der Waals surface area contributed by atoms with Gasteiger partial charge in [-0.25, -0.2) is 9.18 Å². The van der Waals surface area contributed by atoms with Crippen molar-refractivity contribution in [1.29, 1.82) is 0 Å². The first-order valence-electron chi connectivity index (χ1n) is 15.4. The maximum absolute atomic E-state index is 14.8. The zero-order chi connectivity index (χ0) is 29.3. The first-order chi connectivity index (χ1) is 20.5. The Morgan fingerprint density at radius 2 is 1.60 bits per heavy atom. The number of hydrogen-bond acceptors (Lipinski definition) is 2. The predicted octanol–water partition coefficient (Wildman–Crippen LogP) is 10.6. The lowest BCUT2D eigenvalue weighted by molar-refractivity contribution is 0.0734. The van der Waals surface area contributed by atoms with Gasteiger partial charge in [-0.05, 0) is 103 Å². The number of ether oxygens (including phenoxy) is 1. The highest BCUT2D eigenvalue weighted by molar-refractivity contribution is 5.91. The summed E-state index contributed by atoms with van der Waals surface area (Å²) in [7, 11) is 0. The zero-order valence-corrected chi connectivity index (χ0v) is 24.8. The molecule has 1 fully saturated rings. The molecule has 1 saturated carbocycles. The Kier molecular flexibility index (Phi) is 10.0. The molecule has 2 nitrogen and oxygen atoms in total. The molecule has 4 aromatic carbocycles. The van der Waals surface area contributed by atoms with Crippen LogP contribution in [0.2, 0.25) is 0 Å². The number of carbonyl (C=O) groups is 1. The van der Waals surface area contributed by atoms with Gasteiger partial charge in [-0.1, -0.05) is 105 Å². The SMILES string of the molecule is CCCc1ccc(OC(=O)c2ccc(C=Cc3ccc(C4CCC(C[C@H](C)c5ccccc5)CC4)cc3)c(F)c2)cc1. The maximum atomic E-state index is 14.8. The van der Waals surface area contributed by atoms with E-state index in [1.807, 2.05) is 18.2 Å². The van der Waals surface area contributed by atoms with Crippen LogP contribution in [0.1, 0.15) is 102 Å². The van der Waals surface area contributed by atoms with E-state index in [-0.39, 0.29) is 5.56 Å². The summed E-state index contributed by atoms with van der Waals surface area (Å²) in [5.74, 6) is 1.47. The summed E-state index contributed by atoms with van der Waals surface area (Å²) in [6.45, 7) is 4.48. The molecule has 1 atom stereocenters. The zero-order valence-electron chi connectivity index (χ0n) is 24.8. The topological polar surface area (TPSA) is 26.3 Å². The van der Waals surface area contributed by atoms with Gasteiger partial charge in [0, 0.05) is 5.56 Å². The maximum Gasteiger partial charge on any atom is 0.343 e. The fourth-order valence-corrected chi connectivity index (χ4v) is 6.18. The van der Waals surface area contributed by atoms with Gasteiger partial charge in [0.1, 0.15) is 11.6 Å². The van der Waals surface area contributed by atoms with Gasteiger partial charge in [0.25, 0.3) is 0 Å². The van der Waals surface area contributed by atoms with Crippen molar-refractivity contribution in [3.8, 4) is 5.75 Å². The van der Waals surface area contributed by atoms with Crippen molar-refractivity contribution < 1.29 is 13.9 Å². The van der Waals surface area contributed by atoms with Crippen molar-refractivity contribution >= 4 is 18.1 Å². The third-order valence-corrected chi connectivity index (χ3v) is 8.67. The molecule has 0 radical (unpaired) electrons. The summed E-state index contributed by atoms with van der Waals surface area (Å²) in [4.78, 5) is 12.5. The molecule has 216 valence electrons. The van der Waals surface area contributed by atoms with E-state index in [1.165, 1.54) is 54.9 Å². The second kappa shape index (κ2) is 14.3. The fourth-order valence-electron chi connectivity index (χ4n) is 6.18. The Labute approximate surface area is 250 Å². The van der Waals surface area contributed by atoms with Crippen molar-refractivity contribution in [3.63, 3.8) is 0 Å². The van der Waals surface area contributed by atoms with Crippen LogP contribution >= 0.6 is 0 Å². The van der Waals surface area contributed by atoms with Crippen molar-refractivity contribution in [2.24, 2.45) is 5.92 Å². The van der Waals surface area contributed by atoms with Gasteiger partial charge in [0.05, 0.1) is 5.56 Å². The highest BCUT2D eigenvalue weighted by Gasteiger charge is 2.24. The minimum atomic E-state index is -0.567. The number of hydrogen-bond donors (Lipinski definition) is 0. The summed E-state index contributed by atoms with van der Waals surface area (Å²) < 4.78 is 20.3. The lowest BCUT2D eigenvalue weighted by Crippen LogP contribution is -2.15. The molecule has 0 spiro atoms. The average Bonchev–Trinajstić information content (AvgIpc) is 3.02. The van der Waals surface area contributed by atoms with E-state index in [1.54, 1.807) is 30.3 Å². The lowest BCUT2D eigenvalue weighted by Gasteiger charge is -2.30. The smallest absolute Gasteiger partial charge is 0.343 e. The summed E-state index contributed by atoms with van der Waals surface area (Å²) >= 11 is 0. The molecule has 0 saturated heterocycles. The van der Waals surface area contributed by atoms with Gasteiger partial charge >= 0.3 is 5.97 Å². The predicted molar refractivity (Wildman–Crippen MR) is 171 cm³/mol. The summed E-state index contributed by atoms with van der Waals surface area (Å²) in [5.41, 5.74) is 5.69. The monoisotopic (exact) mass is 560 g/mol. The summed E-state index contributed by atoms with van der Waals surface area (Å²) in [5, 5.41) is 0. The second-order valence-electron chi connectivity index (χ2n) is 11.8. The first kappa shape index (κ1) is 29.5. The molecule has 0 N–H and O–H groups in total. The molecule has 42 heavy (non-hydrogen) atoms. The molecular formula is C39H41FO2. The highest BCUT2D eigenvalue weighted by Crippen LogP contribution is 2.39. The minimum Gasteiger partial charge on any atom is -0.423 e. The van der Waals surface area contributed by atoms with Crippen LogP contribution in [0, 0.1) is 11.7 Å². The number of benzene rings is 4. The van der Waals surface area contributed by atoms with Crippen LogP contribution in [0.5, 0.6) is 5.75 Å². The van der Waals surface area contributed by atoms with Crippen molar-refractivity contribution in [2.45, 2.75) is 70.6 Å². The van der Waals surface area contributed by atoms with Gasteiger partial charge in [-0.3, -0.25) is 0 Å². The standard InChI is InChI=1S/C39H41FO2/c1-3-7-29-15-24-37(25-16-29)42-39(41)36-23-22-35(38(40)27-36)21-12-30-10-17-33(18-11-30)34-19-13-31(14-20-34)26-28(2)32-8-5-4-6-9-32/h4-6,8-12,15-18,21-25,27-28,31,34H,3,7,13-14,19-20,26H2,1-2H3/t28-,31?,34?/m0/s1. The molecule has 3 heteroatoms. The van der Waals surface area contributed by atoms with Crippen LogP contribution in [0.4, 0.5) is 4.39 Å².